The van der Waals surface area contributed by atoms with E-state index < -0.39 is 0 Å². The van der Waals surface area contributed by atoms with Crippen LogP contribution in [0.15, 0.2) is 48.5 Å². The molecule has 1 fully saturated rings. The van der Waals surface area contributed by atoms with Crippen molar-refractivity contribution < 1.29 is 9.59 Å². The van der Waals surface area contributed by atoms with Gasteiger partial charge < -0.3 is 15.1 Å². The van der Waals surface area contributed by atoms with Crippen LogP contribution in [0.3, 0.4) is 0 Å². The number of nitrogens with zero attached hydrogens (tertiary/aromatic N) is 2. The maximum absolute atomic E-state index is 12.7. The predicted octanol–water partition coefficient (Wildman–Crippen LogP) is 3.98. The Bertz CT molecular complexity index is 832. The molecule has 1 heterocycles. The van der Waals surface area contributed by atoms with E-state index in [1.165, 1.54) is 0 Å². The number of aryl methyl sites for hydroxylation is 1. The third-order valence-corrected chi connectivity index (χ3v) is 4.88. The van der Waals surface area contributed by atoms with E-state index in [0.717, 1.165) is 29.9 Å². The van der Waals surface area contributed by atoms with Crippen LogP contribution in [0.4, 0.5) is 17.1 Å². The molecule has 2 aromatic carbocycles. The monoisotopic (exact) mass is 365 g/mol. The maximum Gasteiger partial charge on any atom is 0.243 e. The summed E-state index contributed by atoms with van der Waals surface area (Å²) >= 11 is 0. The zero-order valence-corrected chi connectivity index (χ0v) is 16.2. The van der Waals surface area contributed by atoms with E-state index in [2.05, 4.69) is 37.1 Å². The lowest BCUT2D eigenvalue weighted by atomic mass is 10.1. The van der Waals surface area contributed by atoms with Crippen LogP contribution in [-0.2, 0) is 9.59 Å². The number of para-hydroxylation sites is 1. The lowest BCUT2D eigenvalue weighted by Crippen LogP contribution is -2.38. The second kappa shape index (κ2) is 8.25. The van der Waals surface area contributed by atoms with Crippen molar-refractivity contribution in [1.29, 1.82) is 0 Å². The summed E-state index contributed by atoms with van der Waals surface area (Å²) in [5.41, 5.74) is 3.77. The normalized spacial score (nSPS) is 13.9. The topological polar surface area (TPSA) is 52.7 Å². The van der Waals surface area contributed by atoms with Gasteiger partial charge in [0.2, 0.25) is 11.8 Å². The van der Waals surface area contributed by atoms with Crippen molar-refractivity contribution in [3.05, 3.63) is 54.1 Å². The Morgan fingerprint density at radius 1 is 1.19 bits per heavy atom. The maximum atomic E-state index is 12.7. The number of hydrogen-bond donors (Lipinski definition) is 1. The zero-order valence-electron chi connectivity index (χ0n) is 16.2. The quantitative estimate of drug-likeness (QED) is 0.843. The Labute approximate surface area is 161 Å². The van der Waals surface area contributed by atoms with Crippen molar-refractivity contribution in [3.8, 4) is 0 Å². The van der Waals surface area contributed by atoms with Gasteiger partial charge in [-0.1, -0.05) is 24.3 Å². The summed E-state index contributed by atoms with van der Waals surface area (Å²) in [6.07, 6.45) is 1.48. The first-order valence-electron chi connectivity index (χ1n) is 9.48. The number of nitrogens with one attached hydrogen (secondary N) is 1. The van der Waals surface area contributed by atoms with Crippen LogP contribution in [0.2, 0.25) is 0 Å². The molecule has 142 valence electrons. The molecule has 1 saturated heterocycles. The fourth-order valence-corrected chi connectivity index (χ4v) is 3.46. The van der Waals surface area contributed by atoms with Gasteiger partial charge in [-0.25, -0.2) is 0 Å². The van der Waals surface area contributed by atoms with Gasteiger partial charge in [0.05, 0.1) is 6.54 Å². The Balaban J connectivity index is 1.71. The molecule has 27 heavy (non-hydrogen) atoms. The predicted molar refractivity (Wildman–Crippen MR) is 110 cm³/mol. The fraction of sp³-hybridized carbons (Fsp3) is 0.364. The number of anilines is 3. The number of hydrogen-bond acceptors (Lipinski definition) is 3. The first-order valence-corrected chi connectivity index (χ1v) is 9.48. The minimum Gasteiger partial charge on any atom is -0.360 e. The molecule has 0 aromatic heterocycles. The van der Waals surface area contributed by atoms with Crippen LogP contribution < -0.4 is 15.1 Å². The molecule has 1 aliphatic rings. The lowest BCUT2D eigenvalue weighted by Gasteiger charge is -2.29. The minimum absolute atomic E-state index is 0.0724. The van der Waals surface area contributed by atoms with E-state index in [1.807, 2.05) is 42.5 Å². The zero-order chi connectivity index (χ0) is 19.4. The largest absolute Gasteiger partial charge is 0.360 e. The molecule has 0 saturated carbocycles. The van der Waals surface area contributed by atoms with Gasteiger partial charge >= 0.3 is 0 Å². The number of rotatable bonds is 6. The van der Waals surface area contributed by atoms with Crippen LogP contribution in [0.25, 0.3) is 0 Å². The third kappa shape index (κ3) is 4.48. The highest BCUT2D eigenvalue weighted by Crippen LogP contribution is 2.25. The molecule has 1 aliphatic heterocycles. The van der Waals surface area contributed by atoms with Gasteiger partial charge in [-0.15, -0.1) is 0 Å². The molecule has 5 heteroatoms. The average Bonchev–Trinajstić information content (AvgIpc) is 3.06. The molecule has 2 amide bonds. The van der Waals surface area contributed by atoms with Gasteiger partial charge in [0.1, 0.15) is 0 Å². The molecular formula is C22H27N3O2. The van der Waals surface area contributed by atoms with Crippen LogP contribution >= 0.6 is 0 Å². The second-order valence-electron chi connectivity index (χ2n) is 7.26. The van der Waals surface area contributed by atoms with Gasteiger partial charge in [-0.2, -0.15) is 0 Å². The Hall–Kier alpha value is -2.82. The van der Waals surface area contributed by atoms with Crippen LogP contribution in [0.1, 0.15) is 32.3 Å². The highest BCUT2D eigenvalue weighted by atomic mass is 16.2. The number of amides is 2. The minimum atomic E-state index is -0.0724. The molecule has 2 aromatic rings. The SMILES string of the molecule is Cc1ccccc1N(CC(=O)Nc1cccc(N2CCCC2=O)c1)C(C)C. The fourth-order valence-electron chi connectivity index (χ4n) is 3.46. The Morgan fingerprint density at radius 2 is 1.96 bits per heavy atom. The van der Waals surface area contributed by atoms with Crippen molar-refractivity contribution in [2.75, 3.05) is 28.2 Å². The molecule has 3 rings (SSSR count). The van der Waals surface area contributed by atoms with Gasteiger partial charge in [0.15, 0.2) is 0 Å². The standard InChI is InChI=1S/C22H27N3O2/c1-16(2)25(20-11-5-4-8-17(20)3)15-21(26)23-18-9-6-10-19(14-18)24-13-7-12-22(24)27/h4-6,8-11,14,16H,7,12-13,15H2,1-3H3,(H,23,26). The molecule has 5 nitrogen and oxygen atoms in total. The van der Waals surface area contributed by atoms with Crippen molar-refractivity contribution >= 4 is 28.9 Å². The lowest BCUT2D eigenvalue weighted by molar-refractivity contribution is -0.117. The van der Waals surface area contributed by atoms with Crippen molar-refractivity contribution in [1.82, 2.24) is 0 Å². The Kier molecular flexibility index (Phi) is 5.79. The number of carbonyl (C=O) groups is 2. The van der Waals surface area contributed by atoms with Crippen molar-refractivity contribution in [2.24, 2.45) is 0 Å². The second-order valence-corrected chi connectivity index (χ2v) is 7.26. The van der Waals surface area contributed by atoms with Gasteiger partial charge in [-0.3, -0.25) is 9.59 Å². The van der Waals surface area contributed by atoms with Crippen LogP contribution in [-0.4, -0.2) is 30.9 Å². The van der Waals surface area contributed by atoms with E-state index in [9.17, 15) is 9.59 Å². The highest BCUT2D eigenvalue weighted by molar-refractivity contribution is 5.98. The molecule has 0 aliphatic carbocycles. The molecular weight excluding hydrogens is 338 g/mol. The smallest absolute Gasteiger partial charge is 0.243 e. The molecule has 0 atom stereocenters. The van der Waals surface area contributed by atoms with Crippen molar-refractivity contribution in [2.45, 2.75) is 39.7 Å². The first-order chi connectivity index (χ1) is 13.0. The van der Waals surface area contributed by atoms with E-state index in [1.54, 1.807) is 4.90 Å². The highest BCUT2D eigenvalue weighted by Gasteiger charge is 2.22. The van der Waals surface area contributed by atoms with Crippen molar-refractivity contribution in [3.63, 3.8) is 0 Å². The van der Waals surface area contributed by atoms with E-state index in [-0.39, 0.29) is 24.4 Å². The molecule has 0 spiro atoms. The first kappa shape index (κ1) is 19.0. The summed E-state index contributed by atoms with van der Waals surface area (Å²) in [7, 11) is 0. The van der Waals surface area contributed by atoms with Gasteiger partial charge in [0.25, 0.3) is 0 Å². The van der Waals surface area contributed by atoms with Crippen LogP contribution in [0, 0.1) is 6.92 Å². The van der Waals surface area contributed by atoms with E-state index in [4.69, 9.17) is 0 Å². The summed E-state index contributed by atoms with van der Waals surface area (Å²) in [4.78, 5) is 28.5. The van der Waals surface area contributed by atoms with E-state index >= 15 is 0 Å². The molecule has 0 radical (unpaired) electrons. The molecule has 0 unspecified atom stereocenters. The van der Waals surface area contributed by atoms with Gasteiger partial charge in [-0.05, 0) is 57.0 Å². The summed E-state index contributed by atoms with van der Waals surface area (Å²) in [6, 6.07) is 15.8. The summed E-state index contributed by atoms with van der Waals surface area (Å²) in [5.74, 6) is 0.0702. The number of benzene rings is 2. The van der Waals surface area contributed by atoms with Crippen LogP contribution in [0.5, 0.6) is 0 Å². The summed E-state index contributed by atoms with van der Waals surface area (Å²) in [5, 5.41) is 2.98. The summed E-state index contributed by atoms with van der Waals surface area (Å²) in [6.45, 7) is 7.23. The van der Waals surface area contributed by atoms with E-state index in [0.29, 0.717) is 12.1 Å². The molecule has 1 N–H and O–H groups in total. The summed E-state index contributed by atoms with van der Waals surface area (Å²) < 4.78 is 0. The average molecular weight is 365 g/mol. The Morgan fingerprint density at radius 3 is 2.63 bits per heavy atom. The molecule has 0 bridgehead atoms. The van der Waals surface area contributed by atoms with Gasteiger partial charge in [0, 0.05) is 36.1 Å². The third-order valence-electron chi connectivity index (χ3n) is 4.88. The number of carbonyl (C=O) groups excluding carboxylic acids is 2.